The maximum atomic E-state index is 13.3. The van der Waals surface area contributed by atoms with Gasteiger partial charge in [-0.05, 0) is 52.3 Å². The Labute approximate surface area is 165 Å². The molecule has 1 amide bonds. The van der Waals surface area contributed by atoms with Crippen LogP contribution in [0.2, 0.25) is 5.02 Å². The van der Waals surface area contributed by atoms with E-state index in [9.17, 15) is 4.79 Å². The number of aromatic nitrogens is 1. The molecule has 2 aliphatic heterocycles. The summed E-state index contributed by atoms with van der Waals surface area (Å²) in [6.45, 7) is 4.17. The van der Waals surface area contributed by atoms with E-state index in [4.69, 9.17) is 16.1 Å². The number of fused-ring (bicyclic) bond motifs is 1. The summed E-state index contributed by atoms with van der Waals surface area (Å²) < 4.78 is 5.45. The number of amides is 1. The summed E-state index contributed by atoms with van der Waals surface area (Å²) in [4.78, 5) is 17.7. The number of hydrogen-bond acceptors (Lipinski definition) is 4. The zero-order valence-corrected chi connectivity index (χ0v) is 16.7. The van der Waals surface area contributed by atoms with Gasteiger partial charge in [-0.3, -0.25) is 9.69 Å². The van der Waals surface area contributed by atoms with Gasteiger partial charge in [0.2, 0.25) is 5.76 Å². The van der Waals surface area contributed by atoms with Gasteiger partial charge in [0, 0.05) is 23.7 Å². The molecule has 2 atom stereocenters. The van der Waals surface area contributed by atoms with Crippen LogP contribution in [0.1, 0.15) is 49.6 Å². The Bertz CT molecular complexity index is 836. The SMILES string of the molecule is CN1CCCC[C@@H]2N(C(=O)c3cc(-c4ccccc4Cl)no3)CCC[C@@]21C. The molecule has 6 heteroatoms. The van der Waals surface area contributed by atoms with Gasteiger partial charge in [0.05, 0.1) is 11.1 Å². The lowest BCUT2D eigenvalue weighted by atomic mass is 9.80. The largest absolute Gasteiger partial charge is 0.350 e. The fraction of sp³-hybridized carbons (Fsp3) is 0.524. The first kappa shape index (κ1) is 18.5. The highest BCUT2D eigenvalue weighted by Gasteiger charge is 2.46. The summed E-state index contributed by atoms with van der Waals surface area (Å²) in [5.41, 5.74) is 1.40. The fourth-order valence-corrected chi connectivity index (χ4v) is 4.91. The number of piperidine rings is 1. The maximum Gasteiger partial charge on any atom is 0.292 e. The van der Waals surface area contributed by atoms with Crippen molar-refractivity contribution in [1.29, 1.82) is 0 Å². The summed E-state index contributed by atoms with van der Waals surface area (Å²) in [5.74, 6) is 0.230. The molecule has 3 heterocycles. The molecule has 2 aliphatic rings. The van der Waals surface area contributed by atoms with Crippen molar-refractivity contribution < 1.29 is 9.32 Å². The zero-order chi connectivity index (χ0) is 19.0. The van der Waals surface area contributed by atoms with Gasteiger partial charge in [-0.2, -0.15) is 0 Å². The third kappa shape index (κ3) is 3.27. The van der Waals surface area contributed by atoms with E-state index in [0.717, 1.165) is 44.3 Å². The number of carbonyl (C=O) groups is 1. The molecule has 0 aliphatic carbocycles. The number of benzene rings is 1. The second-order valence-electron chi connectivity index (χ2n) is 7.95. The van der Waals surface area contributed by atoms with Gasteiger partial charge in [0.1, 0.15) is 5.69 Å². The highest BCUT2D eigenvalue weighted by atomic mass is 35.5. The standard InChI is InChI=1S/C21H26ClN3O2/c1-21-11-7-13-25(19(21)10-5-6-12-24(21)2)20(26)18-14-17(23-27-18)15-8-3-4-9-16(15)22/h3-4,8-9,14,19H,5-7,10-13H2,1-2H3/t19-,21-/m0/s1. The number of halogens is 1. The predicted molar refractivity (Wildman–Crippen MR) is 106 cm³/mol. The van der Waals surface area contributed by atoms with Gasteiger partial charge in [0.15, 0.2) is 0 Å². The molecular formula is C21H26ClN3O2. The quantitative estimate of drug-likeness (QED) is 0.762. The van der Waals surface area contributed by atoms with Crippen molar-refractivity contribution in [2.45, 2.75) is 50.6 Å². The number of likely N-dealkylation sites (N-methyl/N-ethyl adjacent to an activating group) is 1. The van der Waals surface area contributed by atoms with E-state index < -0.39 is 0 Å². The third-order valence-corrected chi connectivity index (χ3v) is 6.73. The Balaban J connectivity index is 1.62. The zero-order valence-electron chi connectivity index (χ0n) is 15.9. The van der Waals surface area contributed by atoms with Gasteiger partial charge in [-0.25, -0.2) is 0 Å². The molecule has 2 saturated heterocycles. The van der Waals surface area contributed by atoms with Crippen LogP contribution in [0.15, 0.2) is 34.9 Å². The lowest BCUT2D eigenvalue weighted by Gasteiger charge is -2.51. The molecule has 1 aromatic carbocycles. The molecule has 2 aromatic rings. The average Bonchev–Trinajstić information content (AvgIpc) is 3.09. The first-order valence-corrected chi connectivity index (χ1v) is 10.1. The van der Waals surface area contributed by atoms with Crippen molar-refractivity contribution in [3.05, 3.63) is 41.1 Å². The Morgan fingerprint density at radius 1 is 1.26 bits per heavy atom. The molecule has 0 N–H and O–H groups in total. The van der Waals surface area contributed by atoms with Crippen LogP contribution in [0.4, 0.5) is 0 Å². The first-order valence-electron chi connectivity index (χ1n) is 9.74. The van der Waals surface area contributed by atoms with Gasteiger partial charge in [-0.1, -0.05) is 41.4 Å². The minimum atomic E-state index is -0.0629. The number of carbonyl (C=O) groups excluding carboxylic acids is 1. The smallest absolute Gasteiger partial charge is 0.292 e. The van der Waals surface area contributed by atoms with Crippen molar-refractivity contribution in [2.75, 3.05) is 20.1 Å². The van der Waals surface area contributed by atoms with Crippen molar-refractivity contribution in [2.24, 2.45) is 0 Å². The fourth-order valence-electron chi connectivity index (χ4n) is 4.68. The number of hydrogen-bond donors (Lipinski definition) is 0. The molecule has 0 unspecified atom stereocenters. The van der Waals surface area contributed by atoms with E-state index in [0.29, 0.717) is 16.5 Å². The van der Waals surface area contributed by atoms with Gasteiger partial charge < -0.3 is 9.42 Å². The number of likely N-dealkylation sites (tertiary alicyclic amines) is 2. The van der Waals surface area contributed by atoms with Gasteiger partial charge in [-0.15, -0.1) is 0 Å². The summed E-state index contributed by atoms with van der Waals surface area (Å²) in [6.07, 6.45) is 5.51. The van der Waals surface area contributed by atoms with Gasteiger partial charge in [0.25, 0.3) is 5.91 Å². The van der Waals surface area contributed by atoms with E-state index in [1.165, 1.54) is 6.42 Å². The highest BCUT2D eigenvalue weighted by Crippen LogP contribution is 2.38. The minimum absolute atomic E-state index is 0.0238. The Morgan fingerprint density at radius 2 is 2.07 bits per heavy atom. The van der Waals surface area contributed by atoms with E-state index in [1.54, 1.807) is 6.07 Å². The van der Waals surface area contributed by atoms with Crippen molar-refractivity contribution in [1.82, 2.24) is 15.0 Å². The van der Waals surface area contributed by atoms with Crippen LogP contribution < -0.4 is 0 Å². The van der Waals surface area contributed by atoms with E-state index in [-0.39, 0.29) is 17.5 Å². The molecule has 5 nitrogen and oxygen atoms in total. The van der Waals surface area contributed by atoms with Crippen LogP contribution in [0.5, 0.6) is 0 Å². The third-order valence-electron chi connectivity index (χ3n) is 6.40. The summed E-state index contributed by atoms with van der Waals surface area (Å²) >= 11 is 6.26. The lowest BCUT2D eigenvalue weighted by molar-refractivity contribution is -0.00526. The van der Waals surface area contributed by atoms with Crippen molar-refractivity contribution >= 4 is 17.5 Å². The van der Waals surface area contributed by atoms with E-state index >= 15 is 0 Å². The van der Waals surface area contributed by atoms with Crippen LogP contribution in [-0.2, 0) is 0 Å². The Kier molecular flexibility index (Phi) is 4.99. The first-order chi connectivity index (χ1) is 13.0. The van der Waals surface area contributed by atoms with Crippen LogP contribution in [0.3, 0.4) is 0 Å². The van der Waals surface area contributed by atoms with Crippen LogP contribution >= 0.6 is 11.6 Å². The second-order valence-corrected chi connectivity index (χ2v) is 8.36. The molecule has 0 saturated carbocycles. The molecule has 0 radical (unpaired) electrons. The number of rotatable bonds is 2. The van der Waals surface area contributed by atoms with Crippen molar-refractivity contribution in [3.63, 3.8) is 0 Å². The number of nitrogens with zero attached hydrogens (tertiary/aromatic N) is 3. The summed E-state index contributed by atoms with van der Waals surface area (Å²) in [7, 11) is 2.19. The summed E-state index contributed by atoms with van der Waals surface area (Å²) in [6, 6.07) is 9.39. The Hall–Kier alpha value is -1.85. The van der Waals surface area contributed by atoms with E-state index in [1.807, 2.05) is 29.2 Å². The molecule has 0 spiro atoms. The normalized spacial score (nSPS) is 26.5. The molecular weight excluding hydrogens is 362 g/mol. The van der Waals surface area contributed by atoms with Crippen LogP contribution in [0.25, 0.3) is 11.3 Å². The van der Waals surface area contributed by atoms with Gasteiger partial charge >= 0.3 is 0 Å². The van der Waals surface area contributed by atoms with Crippen molar-refractivity contribution in [3.8, 4) is 11.3 Å². The average molecular weight is 388 g/mol. The molecule has 144 valence electrons. The summed E-state index contributed by atoms with van der Waals surface area (Å²) in [5, 5.41) is 4.70. The lowest BCUT2D eigenvalue weighted by Crippen LogP contribution is -2.63. The monoisotopic (exact) mass is 387 g/mol. The van der Waals surface area contributed by atoms with Crippen LogP contribution in [-0.4, -0.2) is 52.6 Å². The molecule has 1 aromatic heterocycles. The molecule has 4 rings (SSSR count). The Morgan fingerprint density at radius 3 is 2.89 bits per heavy atom. The maximum absolute atomic E-state index is 13.3. The molecule has 2 fully saturated rings. The highest BCUT2D eigenvalue weighted by molar-refractivity contribution is 6.33. The molecule has 27 heavy (non-hydrogen) atoms. The predicted octanol–water partition coefficient (Wildman–Crippen LogP) is 4.47. The minimum Gasteiger partial charge on any atom is -0.350 e. The van der Waals surface area contributed by atoms with Crippen LogP contribution in [0, 0.1) is 0 Å². The van der Waals surface area contributed by atoms with E-state index in [2.05, 4.69) is 24.0 Å². The topological polar surface area (TPSA) is 49.6 Å². The second kappa shape index (κ2) is 7.28. The molecule has 0 bridgehead atoms.